The Labute approximate surface area is 182 Å². The molecule has 0 aromatic heterocycles. The highest BCUT2D eigenvalue weighted by atomic mass is 16.5. The number of carboxylic acids is 1. The molecule has 0 aliphatic heterocycles. The molecule has 0 saturated heterocycles. The Hall–Kier alpha value is -3.60. The summed E-state index contributed by atoms with van der Waals surface area (Å²) in [6, 6.07) is 23.1. The van der Waals surface area contributed by atoms with Crippen LogP contribution in [0.4, 0.5) is 0 Å². The van der Waals surface area contributed by atoms with Crippen LogP contribution in [-0.2, 0) is 17.8 Å². The fraction of sp³-hybridized carbons (Fsp3) is 0.231. The molecule has 5 heteroatoms. The lowest BCUT2D eigenvalue weighted by molar-refractivity contribution is -0.141. The summed E-state index contributed by atoms with van der Waals surface area (Å²) in [7, 11) is 1.58. The molecule has 160 valence electrons. The number of nitrogens with one attached hydrogen (secondary N) is 1. The molecule has 0 spiro atoms. The van der Waals surface area contributed by atoms with Gasteiger partial charge >= 0.3 is 5.97 Å². The Morgan fingerprint density at radius 1 is 0.968 bits per heavy atom. The van der Waals surface area contributed by atoms with Gasteiger partial charge in [0.25, 0.3) is 5.91 Å². The summed E-state index contributed by atoms with van der Waals surface area (Å²) in [5.41, 5.74) is 4.45. The number of rotatable bonds is 9. The average molecular weight is 418 g/mol. The van der Waals surface area contributed by atoms with E-state index in [1.165, 1.54) is 0 Å². The molecule has 2 N–H and O–H groups in total. The third-order valence-electron chi connectivity index (χ3n) is 5.36. The van der Waals surface area contributed by atoms with Gasteiger partial charge in [0.1, 0.15) is 5.75 Å². The van der Waals surface area contributed by atoms with E-state index in [9.17, 15) is 14.7 Å². The molecule has 0 saturated carbocycles. The van der Waals surface area contributed by atoms with Crippen molar-refractivity contribution in [2.24, 2.45) is 5.92 Å². The van der Waals surface area contributed by atoms with Crippen LogP contribution in [0.15, 0.2) is 72.8 Å². The van der Waals surface area contributed by atoms with E-state index < -0.39 is 11.9 Å². The first-order valence-electron chi connectivity index (χ1n) is 10.3. The van der Waals surface area contributed by atoms with Crippen molar-refractivity contribution in [3.05, 3.63) is 89.5 Å². The Kier molecular flexibility index (Phi) is 7.44. The van der Waals surface area contributed by atoms with Crippen LogP contribution in [0.3, 0.4) is 0 Å². The monoisotopic (exact) mass is 417 g/mol. The summed E-state index contributed by atoms with van der Waals surface area (Å²) in [5.74, 6) is -0.748. The van der Waals surface area contributed by atoms with Crippen molar-refractivity contribution in [3.8, 4) is 16.9 Å². The predicted octanol–water partition coefficient (Wildman–Crippen LogP) is 4.95. The summed E-state index contributed by atoms with van der Waals surface area (Å²) in [4.78, 5) is 24.0. The van der Waals surface area contributed by atoms with E-state index in [0.29, 0.717) is 30.7 Å². The van der Waals surface area contributed by atoms with Gasteiger partial charge in [-0.25, -0.2) is 0 Å². The Morgan fingerprint density at radius 3 is 2.26 bits per heavy atom. The predicted molar refractivity (Wildman–Crippen MR) is 121 cm³/mol. The third-order valence-corrected chi connectivity index (χ3v) is 5.36. The second-order valence-corrected chi connectivity index (χ2v) is 7.42. The van der Waals surface area contributed by atoms with Gasteiger partial charge in [-0.1, -0.05) is 61.5 Å². The molecule has 0 unspecified atom stereocenters. The maximum Gasteiger partial charge on any atom is 0.306 e. The number of carboxylic acid groups (broad SMARTS) is 1. The van der Waals surface area contributed by atoms with Gasteiger partial charge in [-0.2, -0.15) is 0 Å². The minimum atomic E-state index is -0.799. The van der Waals surface area contributed by atoms with Crippen molar-refractivity contribution >= 4 is 11.9 Å². The summed E-state index contributed by atoms with van der Waals surface area (Å²) in [6.07, 6.45) is 1.00. The third kappa shape index (κ3) is 5.72. The molecule has 31 heavy (non-hydrogen) atoms. The van der Waals surface area contributed by atoms with E-state index in [1.54, 1.807) is 7.11 Å². The van der Waals surface area contributed by atoms with Crippen LogP contribution >= 0.6 is 0 Å². The van der Waals surface area contributed by atoms with Gasteiger partial charge in [-0.3, -0.25) is 9.59 Å². The largest absolute Gasteiger partial charge is 0.496 e. The molecule has 3 aromatic carbocycles. The van der Waals surface area contributed by atoms with Crippen molar-refractivity contribution in [2.75, 3.05) is 7.11 Å². The number of aliphatic carboxylic acids is 1. The summed E-state index contributed by atoms with van der Waals surface area (Å²) in [5, 5.41) is 12.2. The van der Waals surface area contributed by atoms with E-state index in [4.69, 9.17) is 4.74 Å². The fourth-order valence-corrected chi connectivity index (χ4v) is 3.51. The van der Waals surface area contributed by atoms with Crippen LogP contribution in [-0.4, -0.2) is 24.1 Å². The van der Waals surface area contributed by atoms with E-state index in [-0.39, 0.29) is 5.91 Å². The first kappa shape index (κ1) is 22.1. The van der Waals surface area contributed by atoms with Crippen molar-refractivity contribution in [3.63, 3.8) is 0 Å². The van der Waals surface area contributed by atoms with Crippen molar-refractivity contribution in [1.29, 1.82) is 0 Å². The molecule has 0 fully saturated rings. The number of benzene rings is 3. The maximum absolute atomic E-state index is 12.6. The molecular weight excluding hydrogens is 390 g/mol. The highest BCUT2D eigenvalue weighted by molar-refractivity contribution is 5.94. The lowest BCUT2D eigenvalue weighted by atomic mass is 9.95. The lowest BCUT2D eigenvalue weighted by Crippen LogP contribution is -2.23. The second-order valence-electron chi connectivity index (χ2n) is 7.42. The number of carbonyl (C=O) groups is 2. The Morgan fingerprint density at radius 2 is 1.65 bits per heavy atom. The SMILES string of the molecule is CC[C@@H](Cc1ccc(OC)c(CNC(=O)c2ccc(-c3ccccc3)cc2)c1)C(=O)O. The molecule has 1 atom stereocenters. The smallest absolute Gasteiger partial charge is 0.306 e. The first-order valence-corrected chi connectivity index (χ1v) is 10.3. The van der Waals surface area contributed by atoms with E-state index in [0.717, 1.165) is 22.3 Å². The topological polar surface area (TPSA) is 75.6 Å². The molecule has 0 aliphatic rings. The van der Waals surface area contributed by atoms with Crippen LogP contribution in [0.1, 0.15) is 34.8 Å². The summed E-state index contributed by atoms with van der Waals surface area (Å²) in [6.45, 7) is 2.16. The molecule has 0 aliphatic carbocycles. The van der Waals surface area contributed by atoms with Gasteiger partial charge < -0.3 is 15.2 Å². The van der Waals surface area contributed by atoms with Crippen molar-refractivity contribution in [2.45, 2.75) is 26.3 Å². The highest BCUT2D eigenvalue weighted by Gasteiger charge is 2.17. The standard InChI is InChI=1S/C26H27NO4/c1-3-19(26(29)30)15-18-9-14-24(31-2)23(16-18)17-27-25(28)22-12-10-21(11-13-22)20-7-5-4-6-8-20/h4-14,16,19H,3,15,17H2,1-2H3,(H,27,28)(H,29,30)/t19-/m0/s1. The number of carbonyl (C=O) groups excluding carboxylic acids is 1. The minimum absolute atomic E-state index is 0.177. The normalized spacial score (nSPS) is 11.5. The zero-order valence-electron chi connectivity index (χ0n) is 17.8. The molecule has 5 nitrogen and oxygen atoms in total. The van der Waals surface area contributed by atoms with E-state index in [1.807, 2.05) is 79.7 Å². The zero-order chi connectivity index (χ0) is 22.2. The number of ether oxygens (including phenoxy) is 1. The molecule has 0 bridgehead atoms. The van der Waals surface area contributed by atoms with Gasteiger partial charge in [0.2, 0.25) is 0 Å². The van der Waals surface area contributed by atoms with Gasteiger partial charge in [0, 0.05) is 17.7 Å². The lowest BCUT2D eigenvalue weighted by Gasteiger charge is -2.14. The number of methoxy groups -OCH3 is 1. The Balaban J connectivity index is 1.69. The van der Waals surface area contributed by atoms with Crippen LogP contribution in [0.2, 0.25) is 0 Å². The van der Waals surface area contributed by atoms with E-state index in [2.05, 4.69) is 5.32 Å². The molecule has 3 rings (SSSR count). The highest BCUT2D eigenvalue weighted by Crippen LogP contribution is 2.23. The fourth-order valence-electron chi connectivity index (χ4n) is 3.51. The van der Waals surface area contributed by atoms with Crippen molar-refractivity contribution < 1.29 is 19.4 Å². The van der Waals surface area contributed by atoms with Crippen LogP contribution in [0, 0.1) is 5.92 Å². The first-order chi connectivity index (χ1) is 15.0. The van der Waals surface area contributed by atoms with E-state index >= 15 is 0 Å². The quantitative estimate of drug-likeness (QED) is 0.517. The van der Waals surface area contributed by atoms with Gasteiger partial charge in [-0.05, 0) is 47.7 Å². The molecule has 0 heterocycles. The van der Waals surface area contributed by atoms with Crippen molar-refractivity contribution in [1.82, 2.24) is 5.32 Å². The average Bonchev–Trinajstić information content (AvgIpc) is 2.81. The minimum Gasteiger partial charge on any atom is -0.496 e. The molecule has 3 aromatic rings. The summed E-state index contributed by atoms with van der Waals surface area (Å²) < 4.78 is 5.41. The number of hydrogen-bond acceptors (Lipinski definition) is 3. The van der Waals surface area contributed by atoms with Gasteiger partial charge in [-0.15, -0.1) is 0 Å². The maximum atomic E-state index is 12.6. The zero-order valence-corrected chi connectivity index (χ0v) is 17.8. The molecule has 0 radical (unpaired) electrons. The van der Waals surface area contributed by atoms with Crippen LogP contribution in [0.5, 0.6) is 5.75 Å². The number of hydrogen-bond donors (Lipinski definition) is 2. The van der Waals surface area contributed by atoms with Gasteiger partial charge in [0.05, 0.1) is 13.0 Å². The van der Waals surface area contributed by atoms with Crippen LogP contribution in [0.25, 0.3) is 11.1 Å². The molecule has 1 amide bonds. The van der Waals surface area contributed by atoms with Gasteiger partial charge in [0.15, 0.2) is 0 Å². The Bertz CT molecular complexity index is 1030. The van der Waals surface area contributed by atoms with Crippen LogP contribution < -0.4 is 10.1 Å². The second kappa shape index (κ2) is 10.4. The number of amides is 1. The molecular formula is C26H27NO4. The summed E-state index contributed by atoms with van der Waals surface area (Å²) >= 11 is 0.